The Morgan fingerprint density at radius 1 is 0.400 bits per heavy atom. The highest BCUT2D eigenvalue weighted by molar-refractivity contribution is 7.40. The molecule has 3 heteroatoms. The van der Waals surface area contributed by atoms with E-state index in [9.17, 15) is 0 Å². The fourth-order valence-corrected chi connectivity index (χ4v) is 25.1. The molecule has 0 amide bonds. The monoisotopic (exact) mass is 470 g/mol. The minimum atomic E-state index is -0.795. The molecular formula is C27H62Si3. The molecule has 0 saturated heterocycles. The van der Waals surface area contributed by atoms with Crippen LogP contribution in [0.1, 0.15) is 156 Å². The van der Waals surface area contributed by atoms with E-state index in [0.717, 1.165) is 0 Å². The normalized spacial score (nSPS) is 12.5. The average Bonchev–Trinajstić information content (AvgIpc) is 2.76. The standard InChI is InChI=1S/C27H62Si3/c1-4-7-10-13-16-19-22-25-30(29-28,26-23-20-17-14-11-8-5-2)27-24-21-18-15-12-9-6-3/h4-27,29H2,1-3,28H3. The van der Waals surface area contributed by atoms with Crippen molar-refractivity contribution in [2.75, 3.05) is 0 Å². The van der Waals surface area contributed by atoms with E-state index < -0.39 is 7.59 Å². The van der Waals surface area contributed by atoms with Gasteiger partial charge >= 0.3 is 0 Å². The smallest absolute Gasteiger partial charge is 0.0367 e. The van der Waals surface area contributed by atoms with Crippen LogP contribution in [0.4, 0.5) is 0 Å². The van der Waals surface area contributed by atoms with E-state index in [2.05, 4.69) is 20.8 Å². The van der Waals surface area contributed by atoms with Crippen LogP contribution in [0.25, 0.3) is 0 Å². The first-order valence-electron chi connectivity index (χ1n) is 14.7. The molecule has 0 aromatic carbocycles. The van der Waals surface area contributed by atoms with Crippen molar-refractivity contribution >= 4 is 25.9 Å². The van der Waals surface area contributed by atoms with Gasteiger partial charge in [0.2, 0.25) is 0 Å². The summed E-state index contributed by atoms with van der Waals surface area (Å²) in [6.45, 7) is 7.01. The molecule has 0 fully saturated rings. The molecule has 182 valence electrons. The summed E-state index contributed by atoms with van der Waals surface area (Å²) in [6.07, 6.45) is 31.6. The highest BCUT2D eigenvalue weighted by atomic mass is 29.5. The summed E-state index contributed by atoms with van der Waals surface area (Å²) in [7, 11) is 1.17. The van der Waals surface area contributed by atoms with Crippen molar-refractivity contribution in [2.45, 2.75) is 174 Å². The van der Waals surface area contributed by atoms with Crippen molar-refractivity contribution in [3.8, 4) is 0 Å². The molecular weight excluding hydrogens is 409 g/mol. The van der Waals surface area contributed by atoms with Crippen molar-refractivity contribution in [3.05, 3.63) is 0 Å². The zero-order valence-electron chi connectivity index (χ0n) is 22.2. The lowest BCUT2D eigenvalue weighted by Gasteiger charge is -2.31. The third kappa shape index (κ3) is 19.3. The predicted octanol–water partition coefficient (Wildman–Crippen LogP) is 8.63. The van der Waals surface area contributed by atoms with Crippen LogP contribution in [0.2, 0.25) is 18.1 Å². The van der Waals surface area contributed by atoms with Crippen molar-refractivity contribution in [2.24, 2.45) is 0 Å². The molecule has 0 aromatic heterocycles. The second-order valence-electron chi connectivity index (χ2n) is 10.5. The van der Waals surface area contributed by atoms with Crippen molar-refractivity contribution in [1.82, 2.24) is 0 Å². The Hall–Kier alpha value is 0.651. The van der Waals surface area contributed by atoms with Crippen molar-refractivity contribution in [3.63, 3.8) is 0 Å². The lowest BCUT2D eigenvalue weighted by atomic mass is 10.1. The highest BCUT2D eigenvalue weighted by Crippen LogP contribution is 2.29. The molecule has 0 bridgehead atoms. The molecule has 0 aromatic rings. The molecule has 0 heterocycles. The van der Waals surface area contributed by atoms with Gasteiger partial charge in [0.25, 0.3) is 0 Å². The lowest BCUT2D eigenvalue weighted by molar-refractivity contribution is 0.590. The quantitative estimate of drug-likeness (QED) is 0.0924. The number of unbranched alkanes of at least 4 members (excludes halogenated alkanes) is 18. The summed E-state index contributed by atoms with van der Waals surface area (Å²) < 4.78 is 0. The molecule has 0 atom stereocenters. The molecule has 0 rings (SSSR count). The van der Waals surface area contributed by atoms with Crippen LogP contribution in [0.3, 0.4) is 0 Å². The minimum Gasteiger partial charge on any atom is -0.0654 e. The van der Waals surface area contributed by atoms with E-state index in [1.165, 1.54) is 96.3 Å². The van der Waals surface area contributed by atoms with Crippen LogP contribution in [0.5, 0.6) is 0 Å². The van der Waals surface area contributed by atoms with Gasteiger partial charge in [-0.2, -0.15) is 0 Å². The van der Waals surface area contributed by atoms with E-state index in [1.54, 1.807) is 66.4 Å². The van der Waals surface area contributed by atoms with Crippen LogP contribution in [0, 0.1) is 0 Å². The second-order valence-corrected chi connectivity index (χ2v) is 28.7. The van der Waals surface area contributed by atoms with Gasteiger partial charge in [0.15, 0.2) is 0 Å². The Labute approximate surface area is 199 Å². The summed E-state index contributed by atoms with van der Waals surface area (Å²) in [5.74, 6) is 0. The molecule has 0 saturated carbocycles. The third-order valence-corrected chi connectivity index (χ3v) is 34.6. The van der Waals surface area contributed by atoms with Gasteiger partial charge in [-0.3, -0.25) is 0 Å². The molecule has 0 aliphatic rings. The molecule has 0 aliphatic carbocycles. The maximum Gasteiger partial charge on any atom is 0.0367 e. The van der Waals surface area contributed by atoms with E-state index >= 15 is 0 Å². The number of hydrogen-bond acceptors (Lipinski definition) is 0. The second kappa shape index (κ2) is 24.3. The fraction of sp³-hybridized carbons (Fsp3) is 1.00. The average molecular weight is 471 g/mol. The van der Waals surface area contributed by atoms with Gasteiger partial charge < -0.3 is 0 Å². The largest absolute Gasteiger partial charge is 0.0654 e. The first-order valence-corrected chi connectivity index (χ1v) is 25.3. The molecule has 0 aliphatic heterocycles. The van der Waals surface area contributed by atoms with Gasteiger partial charge in [-0.15, -0.1) is 0 Å². The summed E-state index contributed by atoms with van der Waals surface area (Å²) in [5, 5.41) is 0. The van der Waals surface area contributed by atoms with Gasteiger partial charge in [0.1, 0.15) is 0 Å². The SMILES string of the molecule is CCCCCCCCC[Si](CCCCCCCCC)(CCCCCCCCC)[SiH2][SiH3]. The summed E-state index contributed by atoms with van der Waals surface area (Å²) in [4.78, 5) is 0. The number of hydrogen-bond donors (Lipinski definition) is 0. The van der Waals surface area contributed by atoms with Crippen molar-refractivity contribution in [1.29, 1.82) is 0 Å². The summed E-state index contributed by atoms with van der Waals surface area (Å²) >= 11 is 0. The lowest BCUT2D eigenvalue weighted by Crippen LogP contribution is -2.42. The van der Waals surface area contributed by atoms with E-state index in [0.29, 0.717) is 8.55 Å². The molecule has 0 N–H and O–H groups in total. The topological polar surface area (TPSA) is 0 Å². The van der Waals surface area contributed by atoms with Crippen LogP contribution < -0.4 is 0 Å². The van der Waals surface area contributed by atoms with Crippen LogP contribution in [-0.2, 0) is 0 Å². The maximum absolute atomic E-state index is 2.34. The molecule has 30 heavy (non-hydrogen) atoms. The van der Waals surface area contributed by atoms with E-state index in [-0.39, 0.29) is 0 Å². The van der Waals surface area contributed by atoms with Crippen LogP contribution in [-0.4, -0.2) is 25.9 Å². The summed E-state index contributed by atoms with van der Waals surface area (Å²) in [5.41, 5.74) is 0. The van der Waals surface area contributed by atoms with E-state index in [1.807, 2.05) is 0 Å². The molecule has 0 spiro atoms. The van der Waals surface area contributed by atoms with Crippen LogP contribution in [0.15, 0.2) is 0 Å². The van der Waals surface area contributed by atoms with E-state index in [4.69, 9.17) is 0 Å². The van der Waals surface area contributed by atoms with Crippen LogP contribution >= 0.6 is 0 Å². The van der Waals surface area contributed by atoms with Gasteiger partial charge in [0, 0.05) is 16.1 Å². The van der Waals surface area contributed by atoms with Gasteiger partial charge in [0.05, 0.1) is 0 Å². The Morgan fingerprint density at radius 3 is 0.867 bits per heavy atom. The molecule has 0 nitrogen and oxygen atoms in total. The van der Waals surface area contributed by atoms with Gasteiger partial charge in [-0.1, -0.05) is 174 Å². The zero-order chi connectivity index (χ0) is 22.2. The Balaban J connectivity index is 4.23. The Morgan fingerprint density at radius 2 is 0.633 bits per heavy atom. The zero-order valence-corrected chi connectivity index (χ0v) is 26.6. The molecule has 0 radical (unpaired) electrons. The van der Waals surface area contributed by atoms with Gasteiger partial charge in [-0.25, -0.2) is 0 Å². The predicted molar refractivity (Wildman–Crippen MR) is 153 cm³/mol. The Bertz CT molecular complexity index is 274. The fourth-order valence-electron chi connectivity index (χ4n) is 5.28. The minimum absolute atomic E-state index is 0.356. The summed E-state index contributed by atoms with van der Waals surface area (Å²) in [6, 6.07) is 5.26. The first kappa shape index (κ1) is 30.7. The van der Waals surface area contributed by atoms with Crippen molar-refractivity contribution < 1.29 is 0 Å². The maximum atomic E-state index is 2.34. The Kier molecular flexibility index (Phi) is 24.8. The van der Waals surface area contributed by atoms with Gasteiger partial charge in [-0.05, 0) is 9.76 Å². The number of rotatable bonds is 25. The molecule has 0 unspecified atom stereocenters. The first-order chi connectivity index (χ1) is 14.7. The highest BCUT2D eigenvalue weighted by Gasteiger charge is 2.28. The third-order valence-electron chi connectivity index (χ3n) is 7.68.